The van der Waals surface area contributed by atoms with Crippen LogP contribution in [-0.2, 0) is 32.6 Å². The first-order valence-corrected chi connectivity index (χ1v) is 15.7. The number of carbonyl (C=O) groups is 2. The van der Waals surface area contributed by atoms with Gasteiger partial charge in [0.05, 0.1) is 22.0 Å². The third-order valence-corrected chi connectivity index (χ3v) is 8.92. The minimum atomic E-state index is -3.54. The van der Waals surface area contributed by atoms with E-state index in [2.05, 4.69) is 5.32 Å². The Morgan fingerprint density at radius 3 is 2.24 bits per heavy atom. The number of hydrogen-bond donors (Lipinski definition) is 1. The number of sulfonamides is 1. The van der Waals surface area contributed by atoms with Gasteiger partial charge in [-0.25, -0.2) is 8.42 Å². The number of benzene rings is 2. The van der Waals surface area contributed by atoms with E-state index < -0.39 is 16.1 Å². The standard InChI is InChI=1S/C28H37Cl2N3O4S/c1-4-21-11-14-24(15-12-21)33(38(3,36)37)17-7-10-27(34)32(19-22-13-16-25(29)26(30)18-22)20(2)28(35)31-23-8-5-6-9-23/h11-16,18,20,23H,4-10,17,19H2,1-3H3,(H,31,35)/t20-/m1/s1. The third-order valence-electron chi connectivity index (χ3n) is 6.99. The van der Waals surface area contributed by atoms with E-state index in [1.165, 1.54) is 9.21 Å². The van der Waals surface area contributed by atoms with Gasteiger partial charge in [0.2, 0.25) is 21.8 Å². The molecule has 1 saturated carbocycles. The van der Waals surface area contributed by atoms with Gasteiger partial charge in [0.15, 0.2) is 0 Å². The van der Waals surface area contributed by atoms with Crippen LogP contribution in [0.15, 0.2) is 42.5 Å². The molecule has 0 aliphatic heterocycles. The lowest BCUT2D eigenvalue weighted by Crippen LogP contribution is -2.49. The van der Waals surface area contributed by atoms with Gasteiger partial charge in [0, 0.05) is 25.6 Å². The van der Waals surface area contributed by atoms with Gasteiger partial charge < -0.3 is 10.2 Å². The van der Waals surface area contributed by atoms with Crippen LogP contribution in [0.4, 0.5) is 5.69 Å². The molecule has 0 saturated heterocycles. The highest BCUT2D eigenvalue weighted by atomic mass is 35.5. The lowest BCUT2D eigenvalue weighted by Gasteiger charge is -2.30. The van der Waals surface area contributed by atoms with Crippen LogP contribution >= 0.6 is 23.2 Å². The molecule has 208 valence electrons. The molecule has 38 heavy (non-hydrogen) atoms. The highest BCUT2D eigenvalue weighted by Crippen LogP contribution is 2.25. The minimum Gasteiger partial charge on any atom is -0.352 e. The molecular weight excluding hydrogens is 545 g/mol. The van der Waals surface area contributed by atoms with Gasteiger partial charge in [0.25, 0.3) is 0 Å². The molecule has 7 nitrogen and oxygen atoms in total. The predicted molar refractivity (Wildman–Crippen MR) is 154 cm³/mol. The second-order valence-corrected chi connectivity index (χ2v) is 12.6. The molecule has 2 aromatic carbocycles. The van der Waals surface area contributed by atoms with Gasteiger partial charge in [-0.2, -0.15) is 0 Å². The van der Waals surface area contributed by atoms with E-state index in [0.29, 0.717) is 22.2 Å². The van der Waals surface area contributed by atoms with Crippen molar-refractivity contribution in [2.75, 3.05) is 17.1 Å². The highest BCUT2D eigenvalue weighted by Gasteiger charge is 2.29. The van der Waals surface area contributed by atoms with Crippen LogP contribution in [0.2, 0.25) is 10.0 Å². The monoisotopic (exact) mass is 581 g/mol. The minimum absolute atomic E-state index is 0.0848. The second-order valence-electron chi connectivity index (χ2n) is 9.89. The first-order chi connectivity index (χ1) is 18.0. The number of amides is 2. The van der Waals surface area contributed by atoms with Crippen molar-refractivity contribution in [3.05, 3.63) is 63.6 Å². The lowest BCUT2D eigenvalue weighted by molar-refractivity contribution is -0.141. The van der Waals surface area contributed by atoms with E-state index in [1.54, 1.807) is 37.3 Å². The van der Waals surface area contributed by atoms with Gasteiger partial charge in [-0.3, -0.25) is 13.9 Å². The molecule has 1 N–H and O–H groups in total. The fourth-order valence-corrected chi connectivity index (χ4v) is 6.00. The fraction of sp³-hybridized carbons (Fsp3) is 0.500. The van der Waals surface area contributed by atoms with Crippen LogP contribution < -0.4 is 9.62 Å². The Kier molecular flexibility index (Phi) is 10.9. The van der Waals surface area contributed by atoms with Gasteiger partial charge in [0.1, 0.15) is 6.04 Å². The van der Waals surface area contributed by atoms with Crippen LogP contribution in [0.5, 0.6) is 0 Å². The van der Waals surface area contributed by atoms with Crippen LogP contribution in [0, 0.1) is 0 Å². The average molecular weight is 583 g/mol. The largest absolute Gasteiger partial charge is 0.352 e. The van der Waals surface area contributed by atoms with E-state index in [1.807, 2.05) is 19.1 Å². The number of hydrogen-bond acceptors (Lipinski definition) is 4. The molecule has 1 aliphatic carbocycles. The summed E-state index contributed by atoms with van der Waals surface area (Å²) in [6.07, 6.45) is 6.47. The molecule has 0 spiro atoms. The van der Waals surface area contributed by atoms with Crippen molar-refractivity contribution >= 4 is 50.7 Å². The van der Waals surface area contributed by atoms with E-state index in [9.17, 15) is 18.0 Å². The molecule has 1 atom stereocenters. The summed E-state index contributed by atoms with van der Waals surface area (Å²) in [5, 5.41) is 3.86. The molecule has 2 amide bonds. The Bertz CT molecular complexity index is 1220. The summed E-state index contributed by atoms with van der Waals surface area (Å²) < 4.78 is 26.3. The zero-order valence-corrected chi connectivity index (χ0v) is 24.6. The molecule has 10 heteroatoms. The number of aryl methyl sites for hydroxylation is 1. The Morgan fingerprint density at radius 1 is 1.03 bits per heavy atom. The summed E-state index contributed by atoms with van der Waals surface area (Å²) in [5.74, 6) is -0.431. The van der Waals surface area contributed by atoms with Gasteiger partial charge >= 0.3 is 0 Å². The maximum atomic E-state index is 13.5. The number of nitrogens with one attached hydrogen (secondary N) is 1. The first-order valence-electron chi connectivity index (χ1n) is 13.1. The van der Waals surface area contributed by atoms with Crippen molar-refractivity contribution in [1.82, 2.24) is 10.2 Å². The maximum absolute atomic E-state index is 13.5. The van der Waals surface area contributed by atoms with E-state index in [0.717, 1.165) is 49.5 Å². The molecule has 2 aromatic rings. The van der Waals surface area contributed by atoms with Crippen molar-refractivity contribution in [2.24, 2.45) is 0 Å². The van der Waals surface area contributed by atoms with Crippen LogP contribution in [-0.4, -0.2) is 50.0 Å². The lowest BCUT2D eigenvalue weighted by atomic mass is 10.1. The summed E-state index contributed by atoms with van der Waals surface area (Å²) in [7, 11) is -3.54. The van der Waals surface area contributed by atoms with Crippen LogP contribution in [0.25, 0.3) is 0 Å². The van der Waals surface area contributed by atoms with Gasteiger partial charge in [-0.15, -0.1) is 0 Å². The van der Waals surface area contributed by atoms with Crippen molar-refractivity contribution in [1.29, 1.82) is 0 Å². The zero-order chi connectivity index (χ0) is 27.9. The Morgan fingerprint density at radius 2 is 1.66 bits per heavy atom. The van der Waals surface area contributed by atoms with Gasteiger partial charge in [-0.05, 0) is 68.0 Å². The SMILES string of the molecule is CCc1ccc(N(CCCC(=O)N(Cc2ccc(Cl)c(Cl)c2)[C@H](C)C(=O)NC2CCCC2)S(C)(=O)=O)cc1. The molecular formula is C28H37Cl2N3O4S. The molecule has 0 unspecified atom stereocenters. The fourth-order valence-electron chi connectivity index (χ4n) is 4.71. The zero-order valence-electron chi connectivity index (χ0n) is 22.3. The topological polar surface area (TPSA) is 86.8 Å². The second kappa shape index (κ2) is 13.7. The van der Waals surface area contributed by atoms with Crippen molar-refractivity contribution < 1.29 is 18.0 Å². The number of rotatable bonds is 12. The van der Waals surface area contributed by atoms with Crippen LogP contribution in [0.3, 0.4) is 0 Å². The molecule has 0 heterocycles. The number of halogens is 2. The number of anilines is 1. The van der Waals surface area contributed by atoms with E-state index in [4.69, 9.17) is 23.2 Å². The maximum Gasteiger partial charge on any atom is 0.242 e. The van der Waals surface area contributed by atoms with E-state index >= 15 is 0 Å². The third kappa shape index (κ3) is 8.35. The number of carbonyl (C=O) groups excluding carboxylic acids is 2. The molecule has 1 fully saturated rings. The molecule has 3 rings (SSSR count). The first kappa shape index (κ1) is 30.3. The Labute approximate surface area is 236 Å². The van der Waals surface area contributed by atoms with Crippen molar-refractivity contribution in [3.63, 3.8) is 0 Å². The van der Waals surface area contributed by atoms with E-state index in [-0.39, 0.29) is 37.4 Å². The Hall–Kier alpha value is -2.29. The molecule has 1 aliphatic rings. The summed E-state index contributed by atoms with van der Waals surface area (Å²) in [6.45, 7) is 4.09. The molecule has 0 aromatic heterocycles. The predicted octanol–water partition coefficient (Wildman–Crippen LogP) is 5.58. The Balaban J connectivity index is 1.73. The summed E-state index contributed by atoms with van der Waals surface area (Å²) >= 11 is 12.3. The summed E-state index contributed by atoms with van der Waals surface area (Å²) in [5.41, 5.74) is 2.43. The normalized spacial score (nSPS) is 14.8. The molecule has 0 radical (unpaired) electrons. The number of nitrogens with zero attached hydrogens (tertiary/aromatic N) is 2. The van der Waals surface area contributed by atoms with Crippen LogP contribution in [0.1, 0.15) is 63.5 Å². The van der Waals surface area contributed by atoms with Crippen molar-refractivity contribution in [3.8, 4) is 0 Å². The average Bonchev–Trinajstić information content (AvgIpc) is 3.39. The quantitative estimate of drug-likeness (QED) is 0.354. The molecule has 0 bridgehead atoms. The van der Waals surface area contributed by atoms with Crippen molar-refractivity contribution in [2.45, 2.75) is 77.4 Å². The highest BCUT2D eigenvalue weighted by molar-refractivity contribution is 7.92. The summed E-state index contributed by atoms with van der Waals surface area (Å²) in [4.78, 5) is 28.1. The van der Waals surface area contributed by atoms with Gasteiger partial charge in [-0.1, -0.05) is 61.2 Å². The smallest absolute Gasteiger partial charge is 0.242 e. The summed E-state index contributed by atoms with van der Waals surface area (Å²) in [6, 6.07) is 11.9.